The minimum absolute atomic E-state index is 0.107. The SMILES string of the molecule is CCCN(CC(=O)Nc1cc(Cl)ccc1Cl)C(=O)c1cccc(CN2CCCC2=O)c1. The normalized spacial score (nSPS) is 13.4. The molecule has 0 aromatic heterocycles. The molecule has 3 rings (SSSR count). The molecule has 1 N–H and O–H groups in total. The average molecular weight is 462 g/mol. The van der Waals surface area contributed by atoms with Crippen molar-refractivity contribution in [2.45, 2.75) is 32.7 Å². The number of anilines is 1. The van der Waals surface area contributed by atoms with E-state index in [-0.39, 0.29) is 24.3 Å². The number of hydrogen-bond acceptors (Lipinski definition) is 3. The lowest BCUT2D eigenvalue weighted by atomic mass is 10.1. The van der Waals surface area contributed by atoms with Gasteiger partial charge in [0.2, 0.25) is 11.8 Å². The second-order valence-corrected chi connectivity index (χ2v) is 8.36. The number of carbonyl (C=O) groups excluding carboxylic acids is 3. The lowest BCUT2D eigenvalue weighted by Gasteiger charge is -2.22. The van der Waals surface area contributed by atoms with Crippen LogP contribution in [0.4, 0.5) is 5.69 Å². The van der Waals surface area contributed by atoms with E-state index in [2.05, 4.69) is 5.32 Å². The van der Waals surface area contributed by atoms with E-state index in [1.54, 1.807) is 41.3 Å². The molecule has 164 valence electrons. The van der Waals surface area contributed by atoms with E-state index in [4.69, 9.17) is 23.2 Å². The van der Waals surface area contributed by atoms with Crippen molar-refractivity contribution in [1.29, 1.82) is 0 Å². The lowest BCUT2D eigenvalue weighted by Crippen LogP contribution is -2.38. The number of nitrogens with zero attached hydrogens (tertiary/aromatic N) is 2. The number of halogens is 2. The molecule has 0 spiro atoms. The highest BCUT2D eigenvalue weighted by Gasteiger charge is 2.22. The van der Waals surface area contributed by atoms with E-state index < -0.39 is 0 Å². The second kappa shape index (κ2) is 10.6. The first-order valence-electron chi connectivity index (χ1n) is 10.3. The van der Waals surface area contributed by atoms with Crippen LogP contribution in [-0.4, -0.2) is 47.2 Å². The number of benzene rings is 2. The van der Waals surface area contributed by atoms with E-state index in [1.807, 2.05) is 13.0 Å². The zero-order valence-electron chi connectivity index (χ0n) is 17.4. The summed E-state index contributed by atoms with van der Waals surface area (Å²) in [5, 5.41) is 3.54. The van der Waals surface area contributed by atoms with Crippen molar-refractivity contribution in [3.8, 4) is 0 Å². The minimum atomic E-state index is -0.357. The molecule has 0 saturated carbocycles. The Kier molecular flexibility index (Phi) is 7.93. The second-order valence-electron chi connectivity index (χ2n) is 7.52. The van der Waals surface area contributed by atoms with Gasteiger partial charge in [0.05, 0.1) is 10.7 Å². The van der Waals surface area contributed by atoms with Crippen LogP contribution in [0.5, 0.6) is 0 Å². The largest absolute Gasteiger partial charge is 0.338 e. The highest BCUT2D eigenvalue weighted by atomic mass is 35.5. The third-order valence-electron chi connectivity index (χ3n) is 5.04. The van der Waals surface area contributed by atoms with Gasteiger partial charge in [-0.3, -0.25) is 14.4 Å². The third-order valence-corrected chi connectivity index (χ3v) is 5.60. The Morgan fingerprint density at radius 1 is 1.16 bits per heavy atom. The highest BCUT2D eigenvalue weighted by molar-refractivity contribution is 6.35. The summed E-state index contributed by atoms with van der Waals surface area (Å²) in [6, 6.07) is 12.0. The maximum atomic E-state index is 13.1. The molecule has 0 bridgehead atoms. The Morgan fingerprint density at radius 3 is 2.68 bits per heavy atom. The van der Waals surface area contributed by atoms with E-state index in [9.17, 15) is 14.4 Å². The van der Waals surface area contributed by atoms with Gasteiger partial charge in [0.15, 0.2) is 0 Å². The quantitative estimate of drug-likeness (QED) is 0.623. The summed E-state index contributed by atoms with van der Waals surface area (Å²) in [4.78, 5) is 40.9. The van der Waals surface area contributed by atoms with Crippen molar-refractivity contribution in [1.82, 2.24) is 9.80 Å². The molecule has 0 unspecified atom stereocenters. The first-order valence-corrected chi connectivity index (χ1v) is 11.0. The molecule has 1 saturated heterocycles. The summed E-state index contributed by atoms with van der Waals surface area (Å²) >= 11 is 12.1. The van der Waals surface area contributed by atoms with Crippen molar-refractivity contribution >= 4 is 46.6 Å². The summed E-state index contributed by atoms with van der Waals surface area (Å²) in [5.74, 6) is -0.450. The molecule has 0 radical (unpaired) electrons. The highest BCUT2D eigenvalue weighted by Crippen LogP contribution is 2.25. The van der Waals surface area contributed by atoms with Crippen molar-refractivity contribution in [2.75, 3.05) is 25.0 Å². The van der Waals surface area contributed by atoms with E-state index >= 15 is 0 Å². The molecule has 6 nitrogen and oxygen atoms in total. The summed E-state index contributed by atoms with van der Waals surface area (Å²) in [5.41, 5.74) is 1.79. The topological polar surface area (TPSA) is 69.7 Å². The van der Waals surface area contributed by atoms with Gasteiger partial charge < -0.3 is 15.1 Å². The molecule has 31 heavy (non-hydrogen) atoms. The fourth-order valence-corrected chi connectivity index (χ4v) is 3.89. The number of carbonyl (C=O) groups is 3. The molecule has 1 heterocycles. The van der Waals surface area contributed by atoms with Crippen molar-refractivity contribution in [3.63, 3.8) is 0 Å². The molecule has 1 fully saturated rings. The number of amides is 3. The molecule has 2 aromatic rings. The molecule has 8 heteroatoms. The van der Waals surface area contributed by atoms with Crippen LogP contribution in [0.15, 0.2) is 42.5 Å². The molecule has 2 aromatic carbocycles. The van der Waals surface area contributed by atoms with Crippen LogP contribution in [0.1, 0.15) is 42.1 Å². The monoisotopic (exact) mass is 461 g/mol. The van der Waals surface area contributed by atoms with Gasteiger partial charge in [-0.2, -0.15) is 0 Å². The molecule has 3 amide bonds. The van der Waals surface area contributed by atoms with E-state index in [1.165, 1.54) is 4.90 Å². The van der Waals surface area contributed by atoms with Gasteiger partial charge in [-0.25, -0.2) is 0 Å². The number of hydrogen-bond donors (Lipinski definition) is 1. The fourth-order valence-electron chi connectivity index (χ4n) is 3.56. The molecule has 1 aliphatic rings. The van der Waals surface area contributed by atoms with Gasteiger partial charge in [-0.05, 0) is 48.7 Å². The van der Waals surface area contributed by atoms with Crippen molar-refractivity contribution in [2.24, 2.45) is 0 Å². The maximum Gasteiger partial charge on any atom is 0.254 e. The number of rotatable bonds is 8. The van der Waals surface area contributed by atoms with Crippen LogP contribution in [-0.2, 0) is 16.1 Å². The van der Waals surface area contributed by atoms with Crippen LogP contribution < -0.4 is 5.32 Å². The fraction of sp³-hybridized carbons (Fsp3) is 0.348. The average Bonchev–Trinajstić information content (AvgIpc) is 3.14. The number of likely N-dealkylation sites (tertiary alicyclic amines) is 1. The predicted molar refractivity (Wildman–Crippen MR) is 122 cm³/mol. The maximum absolute atomic E-state index is 13.1. The van der Waals surface area contributed by atoms with Gasteiger partial charge in [-0.15, -0.1) is 0 Å². The Labute approximate surface area is 192 Å². The first-order chi connectivity index (χ1) is 14.9. The van der Waals surface area contributed by atoms with Crippen LogP contribution in [0.25, 0.3) is 0 Å². The Balaban J connectivity index is 1.69. The van der Waals surface area contributed by atoms with Crippen molar-refractivity contribution < 1.29 is 14.4 Å². The lowest BCUT2D eigenvalue weighted by molar-refractivity contribution is -0.128. The molecule has 0 atom stereocenters. The summed E-state index contributed by atoms with van der Waals surface area (Å²) in [6.07, 6.45) is 2.15. The van der Waals surface area contributed by atoms with E-state index in [0.29, 0.717) is 47.2 Å². The van der Waals surface area contributed by atoms with E-state index in [0.717, 1.165) is 18.5 Å². The standard InChI is InChI=1S/C23H25Cl2N3O3/c1-2-10-28(15-21(29)26-20-13-18(24)8-9-19(20)25)23(31)17-6-3-5-16(12-17)14-27-11-4-7-22(27)30/h3,5-6,8-9,12-13H,2,4,7,10-11,14-15H2,1H3,(H,26,29). The zero-order chi connectivity index (χ0) is 22.4. The van der Waals surface area contributed by atoms with Gasteiger partial charge in [0, 0.05) is 36.6 Å². The Hall–Kier alpha value is -2.57. The van der Waals surface area contributed by atoms with Gasteiger partial charge in [0.25, 0.3) is 5.91 Å². The van der Waals surface area contributed by atoms with Gasteiger partial charge >= 0.3 is 0 Å². The minimum Gasteiger partial charge on any atom is -0.338 e. The third kappa shape index (κ3) is 6.21. The van der Waals surface area contributed by atoms with Crippen LogP contribution in [0.2, 0.25) is 10.0 Å². The summed E-state index contributed by atoms with van der Waals surface area (Å²) < 4.78 is 0. The first kappa shape index (κ1) is 23.1. The van der Waals surface area contributed by atoms with Crippen LogP contribution in [0.3, 0.4) is 0 Å². The van der Waals surface area contributed by atoms with Crippen molar-refractivity contribution in [3.05, 3.63) is 63.6 Å². The van der Waals surface area contributed by atoms with Gasteiger partial charge in [-0.1, -0.05) is 42.3 Å². The molecule has 0 aliphatic carbocycles. The van der Waals surface area contributed by atoms with Crippen LogP contribution in [0, 0.1) is 0 Å². The molecular weight excluding hydrogens is 437 g/mol. The Morgan fingerprint density at radius 2 is 1.97 bits per heavy atom. The van der Waals surface area contributed by atoms with Crippen LogP contribution >= 0.6 is 23.2 Å². The number of nitrogens with one attached hydrogen (secondary N) is 1. The summed E-state index contributed by atoms with van der Waals surface area (Å²) in [7, 11) is 0. The predicted octanol–water partition coefficient (Wildman–Crippen LogP) is 4.61. The molecule has 1 aliphatic heterocycles. The zero-order valence-corrected chi connectivity index (χ0v) is 18.9. The van der Waals surface area contributed by atoms with Gasteiger partial charge in [0.1, 0.15) is 6.54 Å². The molecular formula is C23H25Cl2N3O3. The summed E-state index contributed by atoms with van der Waals surface area (Å²) in [6.45, 7) is 3.50. The Bertz CT molecular complexity index is 980. The smallest absolute Gasteiger partial charge is 0.254 e.